The third-order valence-electron chi connectivity index (χ3n) is 10.1. The normalized spacial score (nSPS) is 31.5. The number of cyclic esters (lactones) is 1. The van der Waals surface area contributed by atoms with Crippen LogP contribution in [0.2, 0.25) is 0 Å². The van der Waals surface area contributed by atoms with Crippen molar-refractivity contribution in [1.29, 1.82) is 0 Å². The van der Waals surface area contributed by atoms with E-state index in [4.69, 9.17) is 14.2 Å². The number of amides is 3. The molecule has 2 fully saturated rings. The van der Waals surface area contributed by atoms with Gasteiger partial charge >= 0.3 is 5.97 Å². The number of hydrogen-bond donors (Lipinski definition) is 2. The van der Waals surface area contributed by atoms with E-state index in [1.807, 2.05) is 80.6 Å². The van der Waals surface area contributed by atoms with Crippen LogP contribution in [0.3, 0.4) is 0 Å². The maximum absolute atomic E-state index is 14.9. The van der Waals surface area contributed by atoms with Crippen molar-refractivity contribution in [2.45, 2.75) is 75.1 Å². The minimum Gasteiger partial charge on any atom is -0.455 e. The molecule has 0 saturated carbocycles. The summed E-state index contributed by atoms with van der Waals surface area (Å²) in [5.41, 5.74) is 0.0265. The summed E-state index contributed by atoms with van der Waals surface area (Å²) in [6, 6.07) is 15.8. The van der Waals surface area contributed by atoms with E-state index in [9.17, 15) is 24.3 Å². The minimum absolute atomic E-state index is 0.0705. The third-order valence-corrected chi connectivity index (χ3v) is 10.1. The number of rotatable bonds is 8. The largest absolute Gasteiger partial charge is 0.455 e. The Labute approximate surface area is 286 Å². The number of esters is 1. The van der Waals surface area contributed by atoms with Crippen molar-refractivity contribution in [2.75, 3.05) is 26.9 Å². The number of carbonyl (C=O) groups is 4. The first-order chi connectivity index (χ1) is 23.7. The highest BCUT2D eigenvalue weighted by Gasteiger charge is 2.72. The quantitative estimate of drug-likeness (QED) is 0.323. The number of aliphatic hydroxyl groups is 1. The Morgan fingerprint density at radius 3 is 2.39 bits per heavy atom. The van der Waals surface area contributed by atoms with Gasteiger partial charge in [-0.15, -0.1) is 0 Å². The molecule has 4 heterocycles. The standard InChI is InChI=1S/C38H45N3O8/c1-24(2)40-20-12-19-38-32(35(44)41(34(38)36(40)45)27(22-42)21-25-13-6-4-7-14-25)31-29(49-38)17-10-11-18-30(43)39-28(23-47-3)33(48-37(31)46)26-15-8-5-9-16-26/h4-10,12-17,19,24,27-29,31-34,42H,11,18,20-23H2,1-3H3,(H,39,43)/b17-10-/t27-,28+,29+,31-,32-,33+,34+,38-/m1/s1. The number of aliphatic hydroxyl groups excluding tert-OH is 1. The number of hydrogen-bond acceptors (Lipinski definition) is 8. The Hall–Kier alpha value is -4.32. The fraction of sp³-hybridized carbons (Fsp3) is 0.474. The van der Waals surface area contributed by atoms with Crippen LogP contribution in [0, 0.1) is 11.8 Å². The summed E-state index contributed by atoms with van der Waals surface area (Å²) < 4.78 is 18.6. The molecular weight excluding hydrogens is 626 g/mol. The molecule has 4 aliphatic rings. The van der Waals surface area contributed by atoms with Gasteiger partial charge < -0.3 is 34.4 Å². The molecule has 11 heteroatoms. The van der Waals surface area contributed by atoms with E-state index in [1.54, 1.807) is 23.1 Å². The zero-order chi connectivity index (χ0) is 34.7. The third kappa shape index (κ3) is 6.54. The second-order valence-electron chi connectivity index (χ2n) is 13.5. The van der Waals surface area contributed by atoms with E-state index >= 15 is 0 Å². The van der Waals surface area contributed by atoms with E-state index in [0.29, 0.717) is 24.9 Å². The second-order valence-corrected chi connectivity index (χ2v) is 13.5. The Kier molecular flexibility index (Phi) is 10.3. The highest BCUT2D eigenvalue weighted by Crippen LogP contribution is 2.54. The molecule has 2 N–H and O–H groups in total. The van der Waals surface area contributed by atoms with Crippen LogP contribution in [0.4, 0.5) is 0 Å². The summed E-state index contributed by atoms with van der Waals surface area (Å²) in [5.74, 6) is -3.93. The molecule has 0 aromatic heterocycles. The Bertz CT molecular complexity index is 1580. The van der Waals surface area contributed by atoms with Gasteiger partial charge in [-0.2, -0.15) is 0 Å². The predicted octanol–water partition coefficient (Wildman–Crippen LogP) is 2.74. The van der Waals surface area contributed by atoms with Crippen LogP contribution in [-0.2, 0) is 39.8 Å². The van der Waals surface area contributed by atoms with E-state index in [0.717, 1.165) is 5.56 Å². The van der Waals surface area contributed by atoms with Crippen LogP contribution in [-0.4, -0.2) is 101 Å². The van der Waals surface area contributed by atoms with Crippen molar-refractivity contribution in [3.05, 3.63) is 96.1 Å². The average molecular weight is 672 g/mol. The fourth-order valence-electron chi connectivity index (χ4n) is 7.84. The SMILES string of the molecule is COC[C@@H]1NC(=O)CC/C=C\[C@@H]2O[C@@]34C=CCN(C(C)C)C(=O)[C@@H]3N([C@@H](CO)Cc3ccccc3)C(=O)[C@H]4[C@@H]2C(=O)O[C@H]1c1ccccc1. The number of nitrogens with one attached hydrogen (secondary N) is 1. The molecule has 0 bridgehead atoms. The van der Waals surface area contributed by atoms with Crippen molar-refractivity contribution >= 4 is 23.7 Å². The van der Waals surface area contributed by atoms with Crippen molar-refractivity contribution in [1.82, 2.24) is 15.1 Å². The Balaban J connectivity index is 1.46. The Morgan fingerprint density at radius 1 is 1.00 bits per heavy atom. The summed E-state index contributed by atoms with van der Waals surface area (Å²) in [5, 5.41) is 13.8. The van der Waals surface area contributed by atoms with Crippen LogP contribution < -0.4 is 5.32 Å². The lowest BCUT2D eigenvalue weighted by Gasteiger charge is -2.39. The monoisotopic (exact) mass is 671 g/mol. The number of nitrogens with zero attached hydrogens (tertiary/aromatic N) is 2. The highest BCUT2D eigenvalue weighted by molar-refractivity contribution is 5.99. The number of benzene rings is 2. The van der Waals surface area contributed by atoms with Crippen LogP contribution in [0.15, 0.2) is 85.0 Å². The van der Waals surface area contributed by atoms with Gasteiger partial charge in [0, 0.05) is 26.1 Å². The molecule has 6 rings (SSSR count). The first-order valence-electron chi connectivity index (χ1n) is 17.0. The maximum Gasteiger partial charge on any atom is 0.313 e. The van der Waals surface area contributed by atoms with Crippen LogP contribution in [0.5, 0.6) is 0 Å². The molecule has 2 saturated heterocycles. The zero-order valence-electron chi connectivity index (χ0n) is 28.1. The van der Waals surface area contributed by atoms with Gasteiger partial charge in [-0.1, -0.05) is 85.0 Å². The topological polar surface area (TPSA) is 135 Å². The number of methoxy groups -OCH3 is 1. The lowest BCUT2D eigenvalue weighted by atomic mass is 9.77. The zero-order valence-corrected chi connectivity index (χ0v) is 28.1. The molecule has 49 heavy (non-hydrogen) atoms. The van der Waals surface area contributed by atoms with Gasteiger partial charge in [-0.05, 0) is 37.8 Å². The molecule has 260 valence electrons. The molecular formula is C38H45N3O8. The van der Waals surface area contributed by atoms with Gasteiger partial charge in [0.1, 0.15) is 23.7 Å². The summed E-state index contributed by atoms with van der Waals surface area (Å²) in [6.45, 7) is 3.79. The molecule has 8 atom stereocenters. The fourth-order valence-corrected chi connectivity index (χ4v) is 7.84. The van der Waals surface area contributed by atoms with Crippen molar-refractivity contribution < 1.29 is 38.5 Å². The molecule has 0 unspecified atom stereocenters. The molecule has 0 radical (unpaired) electrons. The van der Waals surface area contributed by atoms with Crippen molar-refractivity contribution in [3.8, 4) is 0 Å². The number of allylic oxidation sites excluding steroid dienone is 1. The van der Waals surface area contributed by atoms with Gasteiger partial charge in [0.05, 0.1) is 37.3 Å². The number of carbonyl (C=O) groups excluding carboxylic acids is 4. The molecule has 11 nitrogen and oxygen atoms in total. The summed E-state index contributed by atoms with van der Waals surface area (Å²) in [4.78, 5) is 60.3. The van der Waals surface area contributed by atoms with E-state index in [2.05, 4.69) is 5.32 Å². The van der Waals surface area contributed by atoms with E-state index in [-0.39, 0.29) is 30.9 Å². The molecule has 2 aromatic carbocycles. The number of ether oxygens (including phenoxy) is 3. The smallest absolute Gasteiger partial charge is 0.313 e. The second kappa shape index (κ2) is 14.7. The van der Waals surface area contributed by atoms with Gasteiger partial charge in [-0.25, -0.2) is 0 Å². The summed E-state index contributed by atoms with van der Waals surface area (Å²) in [7, 11) is 1.51. The van der Waals surface area contributed by atoms with E-state index < -0.39 is 66.3 Å². The number of likely N-dealkylation sites (tertiary alicyclic amines) is 1. The van der Waals surface area contributed by atoms with Crippen LogP contribution in [0.1, 0.15) is 43.9 Å². The van der Waals surface area contributed by atoms with Crippen LogP contribution >= 0.6 is 0 Å². The minimum atomic E-state index is -1.51. The average Bonchev–Trinajstić information content (AvgIpc) is 3.48. The van der Waals surface area contributed by atoms with Crippen molar-refractivity contribution in [3.63, 3.8) is 0 Å². The lowest BCUT2D eigenvalue weighted by molar-refractivity contribution is -0.163. The molecule has 1 spiro atoms. The first kappa shape index (κ1) is 34.5. The van der Waals surface area contributed by atoms with E-state index in [1.165, 1.54) is 12.0 Å². The van der Waals surface area contributed by atoms with Gasteiger partial charge in [0.25, 0.3) is 0 Å². The summed E-state index contributed by atoms with van der Waals surface area (Å²) in [6.07, 6.45) is 6.07. The molecule has 4 aliphatic heterocycles. The summed E-state index contributed by atoms with van der Waals surface area (Å²) >= 11 is 0. The van der Waals surface area contributed by atoms with Gasteiger partial charge in [0.15, 0.2) is 0 Å². The van der Waals surface area contributed by atoms with Gasteiger partial charge in [-0.3, -0.25) is 19.2 Å². The predicted molar refractivity (Wildman–Crippen MR) is 180 cm³/mol. The molecule has 2 aromatic rings. The Morgan fingerprint density at radius 2 is 1.71 bits per heavy atom. The molecule has 0 aliphatic carbocycles. The first-order valence-corrected chi connectivity index (χ1v) is 17.0. The molecule has 3 amide bonds. The van der Waals surface area contributed by atoms with Gasteiger partial charge in [0.2, 0.25) is 17.7 Å². The van der Waals surface area contributed by atoms with Crippen LogP contribution in [0.25, 0.3) is 0 Å². The highest BCUT2D eigenvalue weighted by atomic mass is 16.6. The lowest BCUT2D eigenvalue weighted by Crippen LogP contribution is -2.59. The maximum atomic E-state index is 14.9. The van der Waals surface area contributed by atoms with Crippen molar-refractivity contribution in [2.24, 2.45) is 11.8 Å². The number of fused-ring (bicyclic) bond motifs is 2.